The number of nitrogens with zero attached hydrogens (tertiary/aromatic N) is 9. The molecule has 0 radical (unpaired) electrons. The minimum atomic E-state index is -4.85. The summed E-state index contributed by atoms with van der Waals surface area (Å²) in [5, 5.41) is 17.6. The highest BCUT2D eigenvalue weighted by atomic mass is 19.4. The van der Waals surface area contributed by atoms with E-state index in [0.717, 1.165) is 18.5 Å². The maximum absolute atomic E-state index is 14.1. The predicted octanol–water partition coefficient (Wildman–Crippen LogP) is 3.89. The molecule has 17 heteroatoms. The second kappa shape index (κ2) is 8.85. The minimum Gasteiger partial charge on any atom is -0.324 e. The lowest BCUT2D eigenvalue weighted by Gasteiger charge is -2.23. The van der Waals surface area contributed by atoms with Crippen LogP contribution in [0.25, 0.3) is 11.5 Å². The van der Waals surface area contributed by atoms with E-state index in [1.54, 1.807) is 6.92 Å². The van der Waals surface area contributed by atoms with Crippen molar-refractivity contribution in [3.05, 3.63) is 77.6 Å². The lowest BCUT2D eigenvalue weighted by molar-refractivity contribution is -0.137. The Morgan fingerprint density at radius 1 is 1.12 bits per heavy atom. The van der Waals surface area contributed by atoms with Crippen molar-refractivity contribution >= 4 is 17.2 Å². The summed E-state index contributed by atoms with van der Waals surface area (Å²) in [7, 11) is 0. The number of carbonyl (C=O) groups excluding carboxylic acids is 1. The summed E-state index contributed by atoms with van der Waals surface area (Å²) in [6.07, 6.45) is 0.900. The summed E-state index contributed by atoms with van der Waals surface area (Å²) in [5.41, 5.74) is -1.83. The SMILES string of the molecule is CC1(c2ccn(C(F)F)n2)CC(C(=O)Nc2cnc(-n3nccn3)c(C(F)(F)F)c2)c2cnc3cc(F)nn3c21. The van der Waals surface area contributed by atoms with Crippen LogP contribution in [-0.2, 0) is 16.4 Å². The Kier molecular flexibility index (Phi) is 5.63. The lowest BCUT2D eigenvalue weighted by atomic mass is 9.82. The van der Waals surface area contributed by atoms with Gasteiger partial charge in [0.05, 0.1) is 47.0 Å². The van der Waals surface area contributed by atoms with Gasteiger partial charge in [0.1, 0.15) is 5.56 Å². The van der Waals surface area contributed by atoms with Crippen molar-refractivity contribution in [1.29, 1.82) is 0 Å². The van der Waals surface area contributed by atoms with E-state index in [2.05, 4.69) is 35.7 Å². The van der Waals surface area contributed by atoms with Gasteiger partial charge in [-0.25, -0.2) is 19.2 Å². The smallest absolute Gasteiger partial charge is 0.324 e. The number of rotatable bonds is 5. The number of carbonyl (C=O) groups is 1. The first kappa shape index (κ1) is 25.4. The number of nitrogens with one attached hydrogen (secondary N) is 1. The lowest BCUT2D eigenvalue weighted by Crippen LogP contribution is -2.26. The molecule has 0 aliphatic heterocycles. The van der Waals surface area contributed by atoms with E-state index >= 15 is 0 Å². The van der Waals surface area contributed by atoms with Crippen molar-refractivity contribution in [2.75, 3.05) is 5.32 Å². The third-order valence-electron chi connectivity index (χ3n) is 6.73. The molecular formula is C23H16F6N10O. The van der Waals surface area contributed by atoms with E-state index in [1.807, 2.05) is 0 Å². The highest BCUT2D eigenvalue weighted by Crippen LogP contribution is 2.49. The Bertz CT molecular complexity index is 1740. The average molecular weight is 562 g/mol. The molecule has 206 valence electrons. The molecular weight excluding hydrogens is 546 g/mol. The normalized spacial score (nSPS) is 18.9. The molecule has 0 saturated heterocycles. The van der Waals surface area contributed by atoms with Gasteiger partial charge in [-0.15, -0.1) is 9.90 Å². The highest BCUT2D eigenvalue weighted by molar-refractivity contribution is 5.97. The van der Waals surface area contributed by atoms with Crippen molar-refractivity contribution < 1.29 is 31.1 Å². The van der Waals surface area contributed by atoms with Gasteiger partial charge in [0.2, 0.25) is 11.9 Å². The van der Waals surface area contributed by atoms with Crippen LogP contribution in [0.3, 0.4) is 0 Å². The molecule has 2 atom stereocenters. The van der Waals surface area contributed by atoms with Crippen molar-refractivity contribution in [2.24, 2.45) is 0 Å². The molecule has 5 aromatic rings. The predicted molar refractivity (Wildman–Crippen MR) is 123 cm³/mol. The molecule has 0 fully saturated rings. The second-order valence-corrected chi connectivity index (χ2v) is 9.25. The van der Waals surface area contributed by atoms with Crippen molar-refractivity contribution in [1.82, 2.24) is 44.4 Å². The zero-order valence-electron chi connectivity index (χ0n) is 20.2. The zero-order chi connectivity index (χ0) is 28.4. The van der Waals surface area contributed by atoms with Gasteiger partial charge < -0.3 is 5.32 Å². The summed E-state index contributed by atoms with van der Waals surface area (Å²) >= 11 is 0. The molecule has 0 aromatic carbocycles. The van der Waals surface area contributed by atoms with Gasteiger partial charge in [0.15, 0.2) is 11.5 Å². The van der Waals surface area contributed by atoms with Crippen LogP contribution in [0.15, 0.2) is 49.2 Å². The van der Waals surface area contributed by atoms with E-state index in [9.17, 15) is 31.1 Å². The minimum absolute atomic E-state index is 0.0501. The van der Waals surface area contributed by atoms with Crippen LogP contribution in [0, 0.1) is 5.95 Å². The summed E-state index contributed by atoms with van der Waals surface area (Å²) in [6.45, 7) is -1.29. The molecule has 5 aromatic heterocycles. The molecule has 1 amide bonds. The van der Waals surface area contributed by atoms with E-state index < -0.39 is 47.3 Å². The van der Waals surface area contributed by atoms with Crippen LogP contribution in [0.1, 0.15) is 48.3 Å². The third kappa shape index (κ3) is 4.04. The van der Waals surface area contributed by atoms with E-state index in [0.29, 0.717) is 15.5 Å². The molecule has 0 bridgehead atoms. The van der Waals surface area contributed by atoms with Crippen molar-refractivity contribution in [3.63, 3.8) is 0 Å². The van der Waals surface area contributed by atoms with Crippen LogP contribution in [-0.4, -0.2) is 50.3 Å². The quantitative estimate of drug-likeness (QED) is 0.323. The fourth-order valence-corrected chi connectivity index (χ4v) is 4.99. The first-order valence-corrected chi connectivity index (χ1v) is 11.6. The van der Waals surface area contributed by atoms with Crippen LogP contribution < -0.4 is 5.32 Å². The van der Waals surface area contributed by atoms with Gasteiger partial charge in [0.25, 0.3) is 0 Å². The Hall–Kier alpha value is -4.83. The van der Waals surface area contributed by atoms with E-state index in [4.69, 9.17) is 0 Å². The largest absolute Gasteiger partial charge is 0.420 e. The molecule has 1 aliphatic carbocycles. The topological polar surface area (TPSA) is 121 Å². The van der Waals surface area contributed by atoms with Gasteiger partial charge in [-0.3, -0.25) is 4.79 Å². The van der Waals surface area contributed by atoms with Gasteiger partial charge in [-0.1, -0.05) is 0 Å². The fraction of sp³-hybridized carbons (Fsp3) is 0.261. The number of pyridine rings is 1. The van der Waals surface area contributed by atoms with Crippen molar-refractivity contribution in [3.8, 4) is 5.82 Å². The van der Waals surface area contributed by atoms with Crippen LogP contribution in [0.2, 0.25) is 0 Å². The van der Waals surface area contributed by atoms with Crippen LogP contribution in [0.5, 0.6) is 0 Å². The Morgan fingerprint density at radius 3 is 2.55 bits per heavy atom. The Labute approximate surface area is 219 Å². The first-order valence-electron chi connectivity index (χ1n) is 11.6. The van der Waals surface area contributed by atoms with Gasteiger partial charge in [-0.2, -0.15) is 41.6 Å². The summed E-state index contributed by atoms with van der Waals surface area (Å²) in [6, 6.07) is 3.11. The number of hydrogen-bond donors (Lipinski definition) is 1. The summed E-state index contributed by atoms with van der Waals surface area (Å²) in [4.78, 5) is 22.2. The molecule has 2 unspecified atom stereocenters. The fourth-order valence-electron chi connectivity index (χ4n) is 4.99. The molecule has 0 saturated carbocycles. The van der Waals surface area contributed by atoms with Crippen LogP contribution >= 0.6 is 0 Å². The highest BCUT2D eigenvalue weighted by Gasteiger charge is 2.49. The number of aromatic nitrogens is 9. The van der Waals surface area contributed by atoms with Gasteiger partial charge in [0, 0.05) is 24.0 Å². The second-order valence-electron chi connectivity index (χ2n) is 9.25. The van der Waals surface area contributed by atoms with E-state index in [-0.39, 0.29) is 34.7 Å². The Balaban J connectivity index is 1.40. The zero-order valence-corrected chi connectivity index (χ0v) is 20.2. The number of anilines is 1. The number of amides is 1. The molecule has 1 aliphatic rings. The molecule has 11 nitrogen and oxygen atoms in total. The maximum Gasteiger partial charge on any atom is 0.420 e. The first-order chi connectivity index (χ1) is 19.0. The molecule has 6 rings (SSSR count). The van der Waals surface area contributed by atoms with Crippen molar-refractivity contribution in [2.45, 2.75) is 37.4 Å². The standard InChI is InChI=1S/C23H16F6N10O/c1-22(15-2-5-37(35-15)21(25)26)8-12(13-10-30-17-7-16(24)36-38(17)18(13)22)20(40)34-11-6-14(23(27,28)29)19(31-9-11)39-32-3-4-33-39/h2-7,9-10,12,21H,8H2,1H3,(H,34,40). The molecule has 1 N–H and O–H groups in total. The van der Waals surface area contributed by atoms with E-state index in [1.165, 1.54) is 29.2 Å². The molecule has 5 heterocycles. The summed E-state index contributed by atoms with van der Waals surface area (Å²) in [5.74, 6) is -3.21. The molecule has 40 heavy (non-hydrogen) atoms. The summed E-state index contributed by atoms with van der Waals surface area (Å²) < 4.78 is 83.7. The number of hydrogen-bond acceptors (Lipinski definition) is 7. The monoisotopic (exact) mass is 562 g/mol. The molecule has 0 spiro atoms. The third-order valence-corrected chi connectivity index (χ3v) is 6.73. The average Bonchev–Trinajstić information content (AvgIpc) is 3.68. The Morgan fingerprint density at radius 2 is 1.88 bits per heavy atom. The number of halogens is 6. The van der Waals surface area contributed by atoms with Gasteiger partial charge in [-0.05, 0) is 25.5 Å². The number of fused-ring (bicyclic) bond motifs is 3. The van der Waals surface area contributed by atoms with Crippen LogP contribution in [0.4, 0.5) is 32.0 Å². The van der Waals surface area contributed by atoms with Gasteiger partial charge >= 0.3 is 12.7 Å². The number of alkyl halides is 5. The maximum atomic E-state index is 14.1.